The molecular weight excluding hydrogens is 376 g/mol. The lowest BCUT2D eigenvalue weighted by Gasteiger charge is -2.35. The number of carbonyl (C=O) groups is 1. The van der Waals surface area contributed by atoms with E-state index in [4.69, 9.17) is 5.10 Å². The highest BCUT2D eigenvalue weighted by atomic mass is 16.4. The molecule has 6 rings (SSSR count). The van der Waals surface area contributed by atoms with Crippen molar-refractivity contribution in [1.29, 1.82) is 0 Å². The van der Waals surface area contributed by atoms with Crippen molar-refractivity contribution in [3.8, 4) is 5.69 Å². The topological polar surface area (TPSA) is 71.2 Å². The first-order chi connectivity index (χ1) is 14.6. The van der Waals surface area contributed by atoms with Crippen LogP contribution in [0.1, 0.15) is 67.0 Å². The summed E-state index contributed by atoms with van der Waals surface area (Å²) in [5.41, 5.74) is 4.26. The van der Waals surface area contributed by atoms with Gasteiger partial charge in [0.2, 0.25) is 0 Å². The van der Waals surface area contributed by atoms with Crippen LogP contribution < -0.4 is 4.90 Å². The summed E-state index contributed by atoms with van der Waals surface area (Å²) < 4.78 is 1.86. The number of carboxylic acids is 1. The van der Waals surface area contributed by atoms with Crippen LogP contribution >= 0.6 is 0 Å². The molecule has 30 heavy (non-hydrogen) atoms. The van der Waals surface area contributed by atoms with E-state index in [1.807, 2.05) is 35.0 Å². The number of hydrogen-bond donors (Lipinski definition) is 1. The van der Waals surface area contributed by atoms with Crippen LogP contribution in [0.25, 0.3) is 16.7 Å². The maximum absolute atomic E-state index is 12.0. The summed E-state index contributed by atoms with van der Waals surface area (Å²) in [5, 5.41) is 15.9. The molecule has 3 heterocycles. The van der Waals surface area contributed by atoms with E-state index in [1.165, 1.54) is 25.7 Å². The van der Waals surface area contributed by atoms with E-state index in [0.29, 0.717) is 17.0 Å². The van der Waals surface area contributed by atoms with E-state index in [9.17, 15) is 9.90 Å². The number of pyridine rings is 1. The maximum Gasteiger partial charge on any atom is 0.354 e. The first-order valence-electron chi connectivity index (χ1n) is 11.1. The highest BCUT2D eigenvalue weighted by Crippen LogP contribution is 2.53. The molecule has 154 valence electrons. The van der Waals surface area contributed by atoms with Crippen molar-refractivity contribution in [2.45, 2.75) is 50.9 Å². The zero-order chi connectivity index (χ0) is 20.3. The fraction of sp³-hybridized carbons (Fsp3) is 0.458. The van der Waals surface area contributed by atoms with E-state index in [0.717, 1.165) is 54.8 Å². The Labute approximate surface area is 175 Å². The molecule has 2 aliphatic carbocycles. The number of nitrogens with zero attached hydrogens (tertiary/aromatic N) is 4. The van der Waals surface area contributed by atoms with Gasteiger partial charge in [0.25, 0.3) is 0 Å². The van der Waals surface area contributed by atoms with Crippen LogP contribution in [0, 0.1) is 5.41 Å². The number of para-hydroxylation sites is 1. The molecule has 0 atom stereocenters. The molecule has 0 radical (unpaired) electrons. The lowest BCUT2D eigenvalue weighted by molar-refractivity contribution is 0.0691. The molecule has 0 amide bonds. The standard InChI is InChI=1S/C24H26N4O2/c29-23(30)18-14-19(27-13-5-10-24(15-27)11-12-24)20-21(16-6-4-7-16)26-28(22(20)25-18)17-8-2-1-3-9-17/h1-3,8-9,14,16H,4-7,10-13,15H2,(H,29,30). The number of aromatic carboxylic acids is 1. The van der Waals surface area contributed by atoms with Gasteiger partial charge in [-0.15, -0.1) is 0 Å². The molecule has 0 bridgehead atoms. The Kier molecular flexibility index (Phi) is 3.92. The molecule has 0 unspecified atom stereocenters. The molecular formula is C24H26N4O2. The molecule has 1 saturated heterocycles. The van der Waals surface area contributed by atoms with Gasteiger partial charge in [-0.3, -0.25) is 0 Å². The van der Waals surface area contributed by atoms with Gasteiger partial charge in [0.15, 0.2) is 11.3 Å². The normalized spacial score (nSPS) is 20.5. The van der Waals surface area contributed by atoms with Crippen molar-refractivity contribution < 1.29 is 9.90 Å². The van der Waals surface area contributed by atoms with Gasteiger partial charge in [0, 0.05) is 19.0 Å². The molecule has 1 spiro atoms. The summed E-state index contributed by atoms with van der Waals surface area (Å²) >= 11 is 0. The van der Waals surface area contributed by atoms with Crippen LogP contribution in [-0.2, 0) is 0 Å². The Morgan fingerprint density at radius 3 is 2.57 bits per heavy atom. The average molecular weight is 402 g/mol. The van der Waals surface area contributed by atoms with Crippen LogP contribution in [0.4, 0.5) is 5.69 Å². The van der Waals surface area contributed by atoms with E-state index < -0.39 is 5.97 Å². The quantitative estimate of drug-likeness (QED) is 0.681. The fourth-order valence-corrected chi connectivity index (χ4v) is 5.20. The van der Waals surface area contributed by atoms with Crippen molar-refractivity contribution in [2.75, 3.05) is 18.0 Å². The minimum Gasteiger partial charge on any atom is -0.477 e. The van der Waals surface area contributed by atoms with Gasteiger partial charge in [-0.2, -0.15) is 5.10 Å². The van der Waals surface area contributed by atoms with Gasteiger partial charge in [-0.25, -0.2) is 14.5 Å². The van der Waals surface area contributed by atoms with Crippen LogP contribution in [0.5, 0.6) is 0 Å². The molecule has 2 saturated carbocycles. The summed E-state index contributed by atoms with van der Waals surface area (Å²) in [6.45, 7) is 1.99. The molecule has 3 aliphatic rings. The summed E-state index contributed by atoms with van der Waals surface area (Å²) in [5.74, 6) is -0.546. The van der Waals surface area contributed by atoms with Crippen LogP contribution in [-0.4, -0.2) is 38.9 Å². The van der Waals surface area contributed by atoms with Gasteiger partial charge in [-0.05, 0) is 62.1 Å². The Hall–Kier alpha value is -2.89. The third kappa shape index (κ3) is 2.81. The van der Waals surface area contributed by atoms with E-state index in [-0.39, 0.29) is 5.69 Å². The van der Waals surface area contributed by atoms with Crippen molar-refractivity contribution in [3.63, 3.8) is 0 Å². The maximum atomic E-state index is 12.0. The molecule has 1 aliphatic heterocycles. The average Bonchev–Trinajstić information content (AvgIpc) is 3.36. The van der Waals surface area contributed by atoms with Crippen LogP contribution in [0.15, 0.2) is 36.4 Å². The predicted molar refractivity (Wildman–Crippen MR) is 116 cm³/mol. The number of piperidine rings is 1. The molecule has 3 aromatic rings. The lowest BCUT2D eigenvalue weighted by Crippen LogP contribution is -2.36. The molecule has 6 heteroatoms. The molecule has 2 aromatic heterocycles. The SMILES string of the molecule is O=C(O)c1cc(N2CCCC3(CC3)C2)c2c(C3CCC3)nn(-c3ccccc3)c2n1. The summed E-state index contributed by atoms with van der Waals surface area (Å²) in [6, 6.07) is 11.7. The minimum absolute atomic E-state index is 0.102. The number of benzene rings is 1. The zero-order valence-electron chi connectivity index (χ0n) is 17.0. The van der Waals surface area contributed by atoms with Crippen molar-refractivity contribution in [3.05, 3.63) is 47.8 Å². The molecule has 6 nitrogen and oxygen atoms in total. The molecule has 1 N–H and O–H groups in total. The molecule has 3 fully saturated rings. The third-order valence-electron chi connectivity index (χ3n) is 7.31. The summed E-state index contributed by atoms with van der Waals surface area (Å²) in [6.07, 6.45) is 8.56. The lowest BCUT2D eigenvalue weighted by atomic mass is 9.81. The first kappa shape index (κ1) is 17.9. The van der Waals surface area contributed by atoms with Gasteiger partial charge < -0.3 is 10.0 Å². The Morgan fingerprint density at radius 1 is 1.10 bits per heavy atom. The monoisotopic (exact) mass is 402 g/mol. The van der Waals surface area contributed by atoms with Gasteiger partial charge >= 0.3 is 5.97 Å². The number of rotatable bonds is 4. The van der Waals surface area contributed by atoms with Gasteiger partial charge in [-0.1, -0.05) is 24.6 Å². The van der Waals surface area contributed by atoms with Crippen molar-refractivity contribution in [2.24, 2.45) is 5.41 Å². The van der Waals surface area contributed by atoms with Gasteiger partial charge in [0.1, 0.15) is 0 Å². The van der Waals surface area contributed by atoms with Crippen LogP contribution in [0.3, 0.4) is 0 Å². The van der Waals surface area contributed by atoms with E-state index in [1.54, 1.807) is 6.07 Å². The summed E-state index contributed by atoms with van der Waals surface area (Å²) in [4.78, 5) is 19.0. The summed E-state index contributed by atoms with van der Waals surface area (Å²) in [7, 11) is 0. The zero-order valence-corrected chi connectivity index (χ0v) is 17.0. The number of carboxylic acid groups (broad SMARTS) is 1. The predicted octanol–water partition coefficient (Wildman–Crippen LogP) is 4.77. The van der Waals surface area contributed by atoms with E-state index >= 15 is 0 Å². The number of hydrogen-bond acceptors (Lipinski definition) is 4. The second-order valence-corrected chi connectivity index (χ2v) is 9.32. The van der Waals surface area contributed by atoms with Crippen molar-refractivity contribution in [1.82, 2.24) is 14.8 Å². The smallest absolute Gasteiger partial charge is 0.354 e. The highest BCUT2D eigenvalue weighted by molar-refractivity contribution is 5.98. The van der Waals surface area contributed by atoms with Crippen molar-refractivity contribution >= 4 is 22.7 Å². The largest absolute Gasteiger partial charge is 0.477 e. The Morgan fingerprint density at radius 2 is 1.90 bits per heavy atom. The third-order valence-corrected chi connectivity index (χ3v) is 7.31. The number of fused-ring (bicyclic) bond motifs is 1. The Balaban J connectivity index is 1.60. The Bertz CT molecular complexity index is 1130. The number of anilines is 1. The van der Waals surface area contributed by atoms with Crippen LogP contribution in [0.2, 0.25) is 0 Å². The second-order valence-electron chi connectivity index (χ2n) is 9.32. The second kappa shape index (κ2) is 6.56. The highest BCUT2D eigenvalue weighted by Gasteiger charge is 2.46. The van der Waals surface area contributed by atoms with Gasteiger partial charge in [0.05, 0.1) is 22.5 Å². The first-order valence-corrected chi connectivity index (χ1v) is 11.1. The fourth-order valence-electron chi connectivity index (χ4n) is 5.20. The number of aromatic nitrogens is 3. The van der Waals surface area contributed by atoms with E-state index in [2.05, 4.69) is 9.88 Å². The molecule has 1 aromatic carbocycles. The minimum atomic E-state index is -0.984.